The third-order valence-electron chi connectivity index (χ3n) is 1.98. The van der Waals surface area contributed by atoms with Gasteiger partial charge in [-0.3, -0.25) is 9.36 Å². The van der Waals surface area contributed by atoms with Gasteiger partial charge in [0.15, 0.2) is 0 Å². The maximum absolute atomic E-state index is 11.7. The van der Waals surface area contributed by atoms with Crippen molar-refractivity contribution in [1.29, 1.82) is 0 Å². The molecule has 0 amide bonds. The van der Waals surface area contributed by atoms with E-state index in [1.807, 2.05) is 19.9 Å². The smallest absolute Gasteiger partial charge is 0.262 e. The molecule has 0 unspecified atom stereocenters. The maximum Gasteiger partial charge on any atom is 0.262 e. The van der Waals surface area contributed by atoms with Crippen LogP contribution in [0.1, 0.15) is 11.8 Å². The van der Waals surface area contributed by atoms with E-state index in [4.69, 9.17) is 0 Å². The van der Waals surface area contributed by atoms with Gasteiger partial charge in [0.1, 0.15) is 4.83 Å². The van der Waals surface area contributed by atoms with Gasteiger partial charge in [0.25, 0.3) is 5.56 Å². The number of aryl methyl sites for hydroxylation is 2. The van der Waals surface area contributed by atoms with Crippen LogP contribution in [0.4, 0.5) is 0 Å². The van der Waals surface area contributed by atoms with E-state index >= 15 is 0 Å². The Labute approximate surface area is 79.7 Å². The van der Waals surface area contributed by atoms with Gasteiger partial charge < -0.3 is 0 Å². The first-order valence-electron chi connectivity index (χ1n) is 4.18. The summed E-state index contributed by atoms with van der Waals surface area (Å²) in [4.78, 5) is 17.9. The number of aromatic nitrogens is 2. The number of rotatable bonds is 1. The quantitative estimate of drug-likeness (QED) is 0.693. The Morgan fingerprint density at radius 2 is 2.38 bits per heavy atom. The van der Waals surface area contributed by atoms with Crippen LogP contribution in [-0.4, -0.2) is 9.55 Å². The van der Waals surface area contributed by atoms with Crippen LogP contribution in [0.3, 0.4) is 0 Å². The monoisotopic (exact) mass is 194 g/mol. The van der Waals surface area contributed by atoms with Crippen molar-refractivity contribution >= 4 is 21.6 Å². The highest BCUT2D eigenvalue weighted by molar-refractivity contribution is 7.18. The van der Waals surface area contributed by atoms with Crippen molar-refractivity contribution in [3.63, 3.8) is 0 Å². The zero-order valence-corrected chi connectivity index (χ0v) is 8.39. The molecule has 0 spiro atoms. The van der Waals surface area contributed by atoms with Gasteiger partial charge in [-0.1, -0.05) is 0 Å². The summed E-state index contributed by atoms with van der Waals surface area (Å²) in [5, 5.41) is 0.742. The van der Waals surface area contributed by atoms with Crippen molar-refractivity contribution in [1.82, 2.24) is 9.55 Å². The van der Waals surface area contributed by atoms with Gasteiger partial charge in [0.2, 0.25) is 0 Å². The molecule has 0 radical (unpaired) electrons. The van der Waals surface area contributed by atoms with E-state index in [1.54, 1.807) is 22.2 Å². The van der Waals surface area contributed by atoms with E-state index in [-0.39, 0.29) is 5.56 Å². The summed E-state index contributed by atoms with van der Waals surface area (Å²) in [5.74, 6) is 0. The van der Waals surface area contributed by atoms with Gasteiger partial charge in [-0.05, 0) is 19.9 Å². The van der Waals surface area contributed by atoms with Gasteiger partial charge in [0.05, 0.1) is 11.7 Å². The van der Waals surface area contributed by atoms with Crippen LogP contribution in [0.15, 0.2) is 17.2 Å². The molecule has 2 heterocycles. The average molecular weight is 194 g/mol. The molecule has 0 saturated carbocycles. The molecule has 0 bridgehead atoms. The summed E-state index contributed by atoms with van der Waals surface area (Å²) in [5.41, 5.74) is 0.0665. The topological polar surface area (TPSA) is 34.9 Å². The summed E-state index contributed by atoms with van der Waals surface area (Å²) >= 11 is 1.56. The van der Waals surface area contributed by atoms with Crippen LogP contribution in [0.5, 0.6) is 0 Å². The van der Waals surface area contributed by atoms with E-state index in [0.29, 0.717) is 6.54 Å². The molecule has 3 nitrogen and oxygen atoms in total. The fourth-order valence-corrected chi connectivity index (χ4v) is 2.14. The molecule has 0 saturated heterocycles. The first-order valence-corrected chi connectivity index (χ1v) is 4.99. The molecule has 0 fully saturated rings. The largest absolute Gasteiger partial charge is 0.299 e. The minimum Gasteiger partial charge on any atom is -0.299 e. The fourth-order valence-electron chi connectivity index (χ4n) is 1.31. The Morgan fingerprint density at radius 1 is 1.62 bits per heavy atom. The minimum absolute atomic E-state index is 0.0665. The lowest BCUT2D eigenvalue weighted by Crippen LogP contribution is -2.18. The molecule has 0 aliphatic heterocycles. The summed E-state index contributed by atoms with van der Waals surface area (Å²) in [6, 6.07) is 1.90. The van der Waals surface area contributed by atoms with Crippen LogP contribution < -0.4 is 5.56 Å². The van der Waals surface area contributed by atoms with E-state index in [2.05, 4.69) is 4.98 Å². The average Bonchev–Trinajstić information content (AvgIpc) is 2.47. The van der Waals surface area contributed by atoms with Gasteiger partial charge in [-0.2, -0.15) is 0 Å². The maximum atomic E-state index is 11.7. The molecule has 0 aromatic carbocycles. The molecule has 0 N–H and O–H groups in total. The van der Waals surface area contributed by atoms with E-state index in [0.717, 1.165) is 15.1 Å². The SMILES string of the molecule is CCn1cnc2sc(C)cc2c1=O. The lowest BCUT2D eigenvalue weighted by Gasteiger charge is -1.98. The Bertz CT molecular complexity index is 498. The molecule has 0 aliphatic carbocycles. The molecule has 2 rings (SSSR count). The van der Waals surface area contributed by atoms with Crippen molar-refractivity contribution in [2.45, 2.75) is 20.4 Å². The predicted octanol–water partition coefficient (Wildman–Crippen LogP) is 1.79. The molecule has 0 atom stereocenters. The standard InChI is InChI=1S/C9H10N2OS/c1-3-11-5-10-8-7(9(11)12)4-6(2)13-8/h4-5H,3H2,1-2H3. The first kappa shape index (κ1) is 8.44. The number of thiophene rings is 1. The molecule has 68 valence electrons. The summed E-state index contributed by atoms with van der Waals surface area (Å²) in [6.07, 6.45) is 1.61. The summed E-state index contributed by atoms with van der Waals surface area (Å²) < 4.78 is 1.62. The highest BCUT2D eigenvalue weighted by Crippen LogP contribution is 2.19. The van der Waals surface area contributed by atoms with Crippen molar-refractivity contribution in [2.75, 3.05) is 0 Å². The highest BCUT2D eigenvalue weighted by Gasteiger charge is 2.05. The first-order chi connectivity index (χ1) is 6.22. The van der Waals surface area contributed by atoms with Crippen LogP contribution in [0.2, 0.25) is 0 Å². The second-order valence-electron chi connectivity index (χ2n) is 2.91. The second kappa shape index (κ2) is 2.96. The van der Waals surface area contributed by atoms with Crippen molar-refractivity contribution in [3.8, 4) is 0 Å². The molecule has 4 heteroatoms. The number of hydrogen-bond donors (Lipinski definition) is 0. The van der Waals surface area contributed by atoms with Gasteiger partial charge in [-0.15, -0.1) is 11.3 Å². The Balaban J connectivity index is 2.86. The Kier molecular flexibility index (Phi) is 1.92. The zero-order valence-electron chi connectivity index (χ0n) is 7.57. The molecule has 2 aromatic heterocycles. The Morgan fingerprint density at radius 3 is 3.08 bits per heavy atom. The number of fused-ring (bicyclic) bond motifs is 1. The zero-order chi connectivity index (χ0) is 9.42. The van der Waals surface area contributed by atoms with E-state index in [1.165, 1.54) is 0 Å². The second-order valence-corrected chi connectivity index (χ2v) is 4.15. The summed E-state index contributed by atoms with van der Waals surface area (Å²) in [6.45, 7) is 4.60. The molecule has 2 aromatic rings. The third-order valence-corrected chi connectivity index (χ3v) is 2.94. The number of nitrogens with zero attached hydrogens (tertiary/aromatic N) is 2. The van der Waals surface area contributed by atoms with Crippen LogP contribution in [-0.2, 0) is 6.54 Å². The third kappa shape index (κ3) is 1.27. The fraction of sp³-hybridized carbons (Fsp3) is 0.333. The van der Waals surface area contributed by atoms with Crippen LogP contribution >= 0.6 is 11.3 Å². The van der Waals surface area contributed by atoms with Crippen LogP contribution in [0, 0.1) is 6.92 Å². The van der Waals surface area contributed by atoms with Crippen molar-refractivity contribution in [2.24, 2.45) is 0 Å². The molecule has 0 aliphatic rings. The normalized spacial score (nSPS) is 10.9. The summed E-state index contributed by atoms with van der Waals surface area (Å²) in [7, 11) is 0. The van der Waals surface area contributed by atoms with Gasteiger partial charge in [0, 0.05) is 11.4 Å². The van der Waals surface area contributed by atoms with E-state index in [9.17, 15) is 4.79 Å². The molecule has 13 heavy (non-hydrogen) atoms. The lowest BCUT2D eigenvalue weighted by molar-refractivity contribution is 0.718. The van der Waals surface area contributed by atoms with Crippen molar-refractivity contribution in [3.05, 3.63) is 27.6 Å². The lowest BCUT2D eigenvalue weighted by atomic mass is 10.4. The minimum atomic E-state index is 0.0665. The molecular formula is C9H10N2OS. The van der Waals surface area contributed by atoms with E-state index < -0.39 is 0 Å². The van der Waals surface area contributed by atoms with Crippen LogP contribution in [0.25, 0.3) is 10.2 Å². The molecular weight excluding hydrogens is 184 g/mol. The Hall–Kier alpha value is -1.16. The predicted molar refractivity (Wildman–Crippen MR) is 54.3 cm³/mol. The number of hydrogen-bond acceptors (Lipinski definition) is 3. The van der Waals surface area contributed by atoms with Crippen molar-refractivity contribution < 1.29 is 0 Å². The highest BCUT2D eigenvalue weighted by atomic mass is 32.1. The van der Waals surface area contributed by atoms with Gasteiger partial charge >= 0.3 is 0 Å². The van der Waals surface area contributed by atoms with Gasteiger partial charge in [-0.25, -0.2) is 4.98 Å².